The van der Waals surface area contributed by atoms with E-state index in [4.69, 9.17) is 23.2 Å². The second kappa shape index (κ2) is 5.19. The number of hydrogen-bond donors (Lipinski definition) is 0. The maximum atomic E-state index is 11.8. The molecule has 0 heterocycles. The van der Waals surface area contributed by atoms with Gasteiger partial charge in [-0.2, -0.15) is 0 Å². The molecule has 0 N–H and O–H groups in total. The lowest BCUT2D eigenvalue weighted by Crippen LogP contribution is -2.23. The quantitative estimate of drug-likeness (QED) is 0.611. The van der Waals surface area contributed by atoms with Crippen LogP contribution in [-0.2, 0) is 4.79 Å². The third kappa shape index (κ3) is 3.83. The first-order chi connectivity index (χ1) is 7.71. The Morgan fingerprint density at radius 2 is 1.71 bits per heavy atom. The Hall–Kier alpha value is -0.860. The molecule has 0 aliphatic rings. The maximum Gasteiger partial charge on any atom is 0.170 e. The first-order valence-electron chi connectivity index (χ1n) is 5.23. The van der Waals surface area contributed by atoms with Crippen LogP contribution in [0.25, 0.3) is 0 Å². The molecule has 0 aromatic heterocycles. The van der Waals surface area contributed by atoms with Crippen LogP contribution >= 0.6 is 23.2 Å². The van der Waals surface area contributed by atoms with Crippen LogP contribution in [0.1, 0.15) is 37.6 Å². The van der Waals surface area contributed by atoms with Gasteiger partial charge < -0.3 is 0 Å². The monoisotopic (exact) mass is 272 g/mol. The topological polar surface area (TPSA) is 34.1 Å². The molecule has 0 unspecified atom stereocenters. The first kappa shape index (κ1) is 14.2. The fourth-order valence-electron chi connectivity index (χ4n) is 1.18. The van der Waals surface area contributed by atoms with Crippen molar-refractivity contribution in [3.63, 3.8) is 0 Å². The average Bonchev–Trinajstić information content (AvgIpc) is 2.20. The van der Waals surface area contributed by atoms with Gasteiger partial charge in [0.1, 0.15) is 5.78 Å². The Morgan fingerprint density at radius 3 is 2.18 bits per heavy atom. The zero-order valence-electron chi connectivity index (χ0n) is 10.0. The number of Topliss-reactive ketones (excluding diaryl/α,β-unsaturated/α-hetero) is 2. The standard InChI is InChI=1S/C13H14Cl2O2/c1-13(2,3)12(17)7-11(16)8-4-5-9(14)10(15)6-8/h4-6H,7H2,1-3H3. The zero-order valence-corrected chi connectivity index (χ0v) is 11.5. The van der Waals surface area contributed by atoms with E-state index in [-0.39, 0.29) is 18.0 Å². The molecule has 0 fully saturated rings. The highest BCUT2D eigenvalue weighted by Gasteiger charge is 2.24. The Labute approximate surface area is 111 Å². The molecular formula is C13H14Cl2O2. The Morgan fingerprint density at radius 1 is 1.12 bits per heavy atom. The maximum absolute atomic E-state index is 11.8. The van der Waals surface area contributed by atoms with Gasteiger partial charge >= 0.3 is 0 Å². The molecule has 0 aliphatic carbocycles. The zero-order chi connectivity index (χ0) is 13.2. The minimum absolute atomic E-state index is 0.0893. The predicted octanol–water partition coefficient (Wildman–Crippen LogP) is 4.18. The van der Waals surface area contributed by atoms with Crippen LogP contribution in [0, 0.1) is 5.41 Å². The van der Waals surface area contributed by atoms with Gasteiger partial charge in [0.05, 0.1) is 16.5 Å². The van der Waals surface area contributed by atoms with Gasteiger partial charge in [-0.1, -0.05) is 44.0 Å². The Bertz CT molecular complexity index is 459. The molecule has 0 bridgehead atoms. The second-order valence-corrected chi connectivity index (χ2v) is 5.72. The molecule has 0 saturated heterocycles. The summed E-state index contributed by atoms with van der Waals surface area (Å²) in [5.41, 5.74) is -0.0942. The van der Waals surface area contributed by atoms with Crippen LogP contribution < -0.4 is 0 Å². The molecule has 0 saturated carbocycles. The van der Waals surface area contributed by atoms with Crippen molar-refractivity contribution in [2.45, 2.75) is 27.2 Å². The van der Waals surface area contributed by atoms with E-state index in [1.54, 1.807) is 32.9 Å². The highest BCUT2D eigenvalue weighted by atomic mass is 35.5. The van der Waals surface area contributed by atoms with Crippen molar-refractivity contribution in [3.8, 4) is 0 Å². The van der Waals surface area contributed by atoms with Gasteiger partial charge in [0.2, 0.25) is 0 Å². The number of ketones is 2. The smallest absolute Gasteiger partial charge is 0.170 e. The lowest BCUT2D eigenvalue weighted by Gasteiger charge is -2.15. The second-order valence-electron chi connectivity index (χ2n) is 4.90. The van der Waals surface area contributed by atoms with Crippen LogP contribution in [0.15, 0.2) is 18.2 Å². The van der Waals surface area contributed by atoms with E-state index in [0.29, 0.717) is 15.6 Å². The van der Waals surface area contributed by atoms with Gasteiger partial charge in [-0.25, -0.2) is 0 Å². The van der Waals surface area contributed by atoms with E-state index in [2.05, 4.69) is 0 Å². The molecule has 0 atom stereocenters. The summed E-state index contributed by atoms with van der Waals surface area (Å²) in [6, 6.07) is 4.62. The summed E-state index contributed by atoms with van der Waals surface area (Å²) in [7, 11) is 0. The first-order valence-corrected chi connectivity index (χ1v) is 5.99. The SMILES string of the molecule is CC(C)(C)C(=O)CC(=O)c1ccc(Cl)c(Cl)c1. The number of carbonyl (C=O) groups is 2. The van der Waals surface area contributed by atoms with Gasteiger partial charge in [0.25, 0.3) is 0 Å². The van der Waals surface area contributed by atoms with Crippen molar-refractivity contribution in [1.82, 2.24) is 0 Å². The van der Waals surface area contributed by atoms with Gasteiger partial charge in [-0.15, -0.1) is 0 Å². The van der Waals surface area contributed by atoms with Crippen LogP contribution in [-0.4, -0.2) is 11.6 Å². The number of halogens is 2. The van der Waals surface area contributed by atoms with Crippen LogP contribution in [0.3, 0.4) is 0 Å². The van der Waals surface area contributed by atoms with Gasteiger partial charge in [-0.3, -0.25) is 9.59 Å². The number of hydrogen-bond acceptors (Lipinski definition) is 2. The van der Waals surface area contributed by atoms with Gasteiger partial charge in [0, 0.05) is 11.0 Å². The molecular weight excluding hydrogens is 259 g/mol. The Balaban J connectivity index is 2.84. The van der Waals surface area contributed by atoms with E-state index < -0.39 is 5.41 Å². The molecule has 1 rings (SSSR count). The minimum Gasteiger partial charge on any atom is -0.299 e. The molecule has 1 aromatic rings. The lowest BCUT2D eigenvalue weighted by molar-refractivity contribution is -0.125. The predicted molar refractivity (Wildman–Crippen MR) is 69.9 cm³/mol. The average molecular weight is 273 g/mol. The third-order valence-corrected chi connectivity index (χ3v) is 3.14. The third-order valence-electron chi connectivity index (χ3n) is 2.40. The minimum atomic E-state index is -0.508. The highest BCUT2D eigenvalue weighted by molar-refractivity contribution is 6.42. The normalized spacial score (nSPS) is 11.4. The summed E-state index contributed by atoms with van der Waals surface area (Å²) in [6.45, 7) is 5.37. The highest BCUT2D eigenvalue weighted by Crippen LogP contribution is 2.24. The lowest BCUT2D eigenvalue weighted by atomic mass is 9.87. The molecule has 0 radical (unpaired) electrons. The summed E-state index contributed by atoms with van der Waals surface area (Å²) in [5, 5.41) is 0.714. The van der Waals surface area contributed by atoms with E-state index in [9.17, 15) is 9.59 Å². The van der Waals surface area contributed by atoms with E-state index in [0.717, 1.165) is 0 Å². The van der Waals surface area contributed by atoms with Crippen molar-refractivity contribution in [2.24, 2.45) is 5.41 Å². The summed E-state index contributed by atoms with van der Waals surface area (Å²) < 4.78 is 0. The fourth-order valence-corrected chi connectivity index (χ4v) is 1.48. The van der Waals surface area contributed by atoms with Crippen LogP contribution in [0.5, 0.6) is 0 Å². The fraction of sp³-hybridized carbons (Fsp3) is 0.385. The largest absolute Gasteiger partial charge is 0.299 e. The van der Waals surface area contributed by atoms with Crippen LogP contribution in [0.2, 0.25) is 10.0 Å². The van der Waals surface area contributed by atoms with E-state index in [1.807, 2.05) is 0 Å². The molecule has 0 aliphatic heterocycles. The molecule has 0 spiro atoms. The molecule has 4 heteroatoms. The molecule has 0 amide bonds. The van der Waals surface area contributed by atoms with E-state index in [1.165, 1.54) is 6.07 Å². The van der Waals surface area contributed by atoms with Crippen molar-refractivity contribution >= 4 is 34.8 Å². The number of benzene rings is 1. The molecule has 2 nitrogen and oxygen atoms in total. The molecule has 92 valence electrons. The number of rotatable bonds is 3. The van der Waals surface area contributed by atoms with E-state index >= 15 is 0 Å². The Kier molecular flexibility index (Phi) is 4.34. The summed E-state index contributed by atoms with van der Waals surface area (Å²) in [6.07, 6.45) is -0.110. The van der Waals surface area contributed by atoms with Crippen molar-refractivity contribution in [3.05, 3.63) is 33.8 Å². The van der Waals surface area contributed by atoms with Crippen molar-refractivity contribution in [1.29, 1.82) is 0 Å². The number of carbonyl (C=O) groups excluding carboxylic acids is 2. The van der Waals surface area contributed by atoms with Crippen LogP contribution in [0.4, 0.5) is 0 Å². The molecule has 1 aromatic carbocycles. The van der Waals surface area contributed by atoms with Crippen molar-refractivity contribution in [2.75, 3.05) is 0 Å². The molecule has 17 heavy (non-hydrogen) atoms. The summed E-state index contributed by atoms with van der Waals surface area (Å²) >= 11 is 11.6. The summed E-state index contributed by atoms with van der Waals surface area (Å²) in [5.74, 6) is -0.322. The van der Waals surface area contributed by atoms with Gasteiger partial charge in [0.15, 0.2) is 5.78 Å². The van der Waals surface area contributed by atoms with Crippen molar-refractivity contribution < 1.29 is 9.59 Å². The van der Waals surface area contributed by atoms with Gasteiger partial charge in [-0.05, 0) is 18.2 Å². The summed E-state index contributed by atoms with van der Waals surface area (Å²) in [4.78, 5) is 23.6.